The van der Waals surface area contributed by atoms with Crippen LogP contribution >= 0.6 is 15.9 Å². The number of piperidine rings is 1. The number of carbonyl (C=O) groups is 2. The molecule has 0 radical (unpaired) electrons. The zero-order valence-electron chi connectivity index (χ0n) is 10.1. The number of hydrogen-bond donors (Lipinski definition) is 1. The average Bonchev–Trinajstić information content (AvgIpc) is 2.41. The van der Waals surface area contributed by atoms with E-state index in [0.29, 0.717) is 30.4 Å². The number of likely N-dealkylation sites (tertiary alicyclic amines) is 1. The smallest absolute Gasteiger partial charge is 0.407 e. The number of carboxylic acid groups (broad SMARTS) is 1. The third-order valence-electron chi connectivity index (χ3n) is 3.33. The van der Waals surface area contributed by atoms with E-state index in [2.05, 4.69) is 15.9 Å². The van der Waals surface area contributed by atoms with Gasteiger partial charge in [0.1, 0.15) is 5.82 Å². The van der Waals surface area contributed by atoms with Crippen molar-refractivity contribution in [1.29, 1.82) is 0 Å². The summed E-state index contributed by atoms with van der Waals surface area (Å²) in [5.74, 6) is -1.09. The first-order chi connectivity index (χ1) is 8.99. The predicted octanol–water partition coefficient (Wildman–Crippen LogP) is 3.16. The van der Waals surface area contributed by atoms with Gasteiger partial charge in [-0.2, -0.15) is 0 Å². The number of Topliss-reactive ketones (excluding diaryl/α,β-unsaturated/α-hetero) is 1. The molecule has 1 saturated heterocycles. The Kier molecular flexibility index (Phi) is 4.19. The zero-order valence-corrected chi connectivity index (χ0v) is 11.7. The number of benzene rings is 1. The molecule has 1 aromatic rings. The first-order valence-corrected chi connectivity index (χ1v) is 6.75. The molecular weight excluding hydrogens is 317 g/mol. The van der Waals surface area contributed by atoms with Crippen LogP contribution < -0.4 is 0 Å². The lowest BCUT2D eigenvalue weighted by molar-refractivity contribution is 0.0817. The van der Waals surface area contributed by atoms with Crippen molar-refractivity contribution in [2.45, 2.75) is 12.8 Å². The summed E-state index contributed by atoms with van der Waals surface area (Å²) in [5, 5.41) is 8.84. The first kappa shape index (κ1) is 14.0. The Bertz CT molecular complexity index is 513. The van der Waals surface area contributed by atoms with E-state index in [1.54, 1.807) is 6.07 Å². The molecule has 1 N–H and O–H groups in total. The van der Waals surface area contributed by atoms with Crippen molar-refractivity contribution < 1.29 is 19.1 Å². The van der Waals surface area contributed by atoms with Gasteiger partial charge in [0.05, 0.1) is 5.56 Å². The maximum absolute atomic E-state index is 13.6. The molecule has 1 aromatic carbocycles. The molecule has 6 heteroatoms. The summed E-state index contributed by atoms with van der Waals surface area (Å²) < 4.78 is 14.3. The van der Waals surface area contributed by atoms with Crippen molar-refractivity contribution in [2.24, 2.45) is 5.92 Å². The summed E-state index contributed by atoms with van der Waals surface area (Å²) in [4.78, 5) is 24.3. The van der Waals surface area contributed by atoms with Crippen molar-refractivity contribution in [3.05, 3.63) is 34.1 Å². The third-order valence-corrected chi connectivity index (χ3v) is 3.82. The minimum Gasteiger partial charge on any atom is -0.465 e. The maximum Gasteiger partial charge on any atom is 0.407 e. The summed E-state index contributed by atoms with van der Waals surface area (Å²) in [6.45, 7) is 0.642. The second-order valence-electron chi connectivity index (χ2n) is 4.53. The fourth-order valence-electron chi connectivity index (χ4n) is 2.24. The highest BCUT2D eigenvalue weighted by atomic mass is 79.9. The SMILES string of the molecule is O=C(c1cc(Br)ccc1F)C1CCN(C(=O)O)CC1. The number of carbonyl (C=O) groups excluding carboxylic acids is 1. The molecular formula is C13H13BrFNO3. The van der Waals surface area contributed by atoms with Gasteiger partial charge in [-0.25, -0.2) is 9.18 Å². The largest absolute Gasteiger partial charge is 0.465 e. The van der Waals surface area contributed by atoms with E-state index < -0.39 is 11.9 Å². The molecule has 0 aromatic heterocycles. The quantitative estimate of drug-likeness (QED) is 0.848. The Labute approximate surface area is 118 Å². The van der Waals surface area contributed by atoms with Crippen LogP contribution in [0.2, 0.25) is 0 Å². The molecule has 1 aliphatic rings. The molecule has 1 heterocycles. The fraction of sp³-hybridized carbons (Fsp3) is 0.385. The average molecular weight is 330 g/mol. The highest BCUT2D eigenvalue weighted by Crippen LogP contribution is 2.25. The van der Waals surface area contributed by atoms with Gasteiger partial charge in [-0.1, -0.05) is 15.9 Å². The number of nitrogens with zero attached hydrogens (tertiary/aromatic N) is 1. The first-order valence-electron chi connectivity index (χ1n) is 5.96. The van der Waals surface area contributed by atoms with Gasteiger partial charge in [0.2, 0.25) is 0 Å². The Hall–Kier alpha value is -1.43. The van der Waals surface area contributed by atoms with Crippen LogP contribution in [0.5, 0.6) is 0 Å². The number of hydrogen-bond acceptors (Lipinski definition) is 2. The van der Waals surface area contributed by atoms with E-state index in [0.717, 1.165) is 0 Å². The zero-order chi connectivity index (χ0) is 14.0. The molecule has 1 fully saturated rings. The predicted molar refractivity (Wildman–Crippen MR) is 70.8 cm³/mol. The van der Waals surface area contributed by atoms with E-state index in [9.17, 15) is 14.0 Å². The van der Waals surface area contributed by atoms with Crippen LogP contribution in [0.3, 0.4) is 0 Å². The lowest BCUT2D eigenvalue weighted by atomic mass is 9.89. The summed E-state index contributed by atoms with van der Waals surface area (Å²) in [7, 11) is 0. The molecule has 4 nitrogen and oxygen atoms in total. The second-order valence-corrected chi connectivity index (χ2v) is 5.45. The van der Waals surface area contributed by atoms with E-state index in [4.69, 9.17) is 5.11 Å². The number of rotatable bonds is 2. The topological polar surface area (TPSA) is 57.6 Å². The van der Waals surface area contributed by atoms with Gasteiger partial charge >= 0.3 is 6.09 Å². The molecule has 0 bridgehead atoms. The lowest BCUT2D eigenvalue weighted by Crippen LogP contribution is -2.39. The third kappa shape index (κ3) is 3.12. The Morgan fingerprint density at radius 1 is 1.32 bits per heavy atom. The summed E-state index contributed by atoms with van der Waals surface area (Å²) >= 11 is 3.21. The second kappa shape index (κ2) is 5.69. The van der Waals surface area contributed by atoms with Crippen LogP contribution in [0.15, 0.2) is 22.7 Å². The summed E-state index contributed by atoms with van der Waals surface area (Å²) in [6.07, 6.45) is -0.0895. The standard InChI is InChI=1S/C13H13BrFNO3/c14-9-1-2-11(15)10(7-9)12(17)8-3-5-16(6-4-8)13(18)19/h1-2,7-8H,3-6H2,(H,18,19). The summed E-state index contributed by atoms with van der Waals surface area (Å²) in [5.41, 5.74) is 0.0724. The van der Waals surface area contributed by atoms with E-state index >= 15 is 0 Å². The molecule has 1 aliphatic heterocycles. The molecule has 0 atom stereocenters. The van der Waals surface area contributed by atoms with Gasteiger partial charge in [-0.05, 0) is 31.0 Å². The van der Waals surface area contributed by atoms with Gasteiger partial charge in [0.15, 0.2) is 5.78 Å². The van der Waals surface area contributed by atoms with E-state index in [1.165, 1.54) is 17.0 Å². The van der Waals surface area contributed by atoms with E-state index in [-0.39, 0.29) is 17.3 Å². The van der Waals surface area contributed by atoms with Gasteiger partial charge in [-0.15, -0.1) is 0 Å². The van der Waals surface area contributed by atoms with Crippen LogP contribution in [0.4, 0.5) is 9.18 Å². The minimum absolute atomic E-state index is 0.0724. The Morgan fingerprint density at radius 2 is 1.95 bits per heavy atom. The Balaban J connectivity index is 2.09. The Morgan fingerprint density at radius 3 is 2.53 bits per heavy atom. The molecule has 0 saturated carbocycles. The molecule has 0 aliphatic carbocycles. The van der Waals surface area contributed by atoms with Crippen molar-refractivity contribution >= 4 is 27.8 Å². The molecule has 1 amide bonds. The molecule has 0 spiro atoms. The van der Waals surface area contributed by atoms with Crippen LogP contribution in [0, 0.1) is 11.7 Å². The van der Waals surface area contributed by atoms with Crippen molar-refractivity contribution in [2.75, 3.05) is 13.1 Å². The minimum atomic E-state index is -0.973. The number of ketones is 1. The van der Waals surface area contributed by atoms with Gasteiger partial charge in [-0.3, -0.25) is 4.79 Å². The van der Waals surface area contributed by atoms with Crippen LogP contribution in [-0.4, -0.2) is 35.0 Å². The van der Waals surface area contributed by atoms with Crippen LogP contribution in [0.1, 0.15) is 23.2 Å². The van der Waals surface area contributed by atoms with Gasteiger partial charge in [0.25, 0.3) is 0 Å². The maximum atomic E-state index is 13.6. The number of halogens is 2. The van der Waals surface area contributed by atoms with Crippen molar-refractivity contribution in [1.82, 2.24) is 4.90 Å². The van der Waals surface area contributed by atoms with Crippen molar-refractivity contribution in [3.8, 4) is 0 Å². The van der Waals surface area contributed by atoms with E-state index in [1.807, 2.05) is 0 Å². The van der Waals surface area contributed by atoms with Gasteiger partial charge in [0, 0.05) is 23.5 Å². The summed E-state index contributed by atoms with van der Waals surface area (Å²) in [6, 6.07) is 4.27. The van der Waals surface area contributed by atoms with Crippen LogP contribution in [0.25, 0.3) is 0 Å². The highest BCUT2D eigenvalue weighted by Gasteiger charge is 2.29. The molecule has 102 valence electrons. The monoisotopic (exact) mass is 329 g/mol. The van der Waals surface area contributed by atoms with Crippen LogP contribution in [-0.2, 0) is 0 Å². The highest BCUT2D eigenvalue weighted by molar-refractivity contribution is 9.10. The fourth-order valence-corrected chi connectivity index (χ4v) is 2.60. The molecule has 19 heavy (non-hydrogen) atoms. The molecule has 2 rings (SSSR count). The normalized spacial score (nSPS) is 16.4. The lowest BCUT2D eigenvalue weighted by Gasteiger charge is -2.29. The van der Waals surface area contributed by atoms with Crippen molar-refractivity contribution in [3.63, 3.8) is 0 Å². The van der Waals surface area contributed by atoms with Gasteiger partial charge < -0.3 is 10.0 Å². The number of amides is 1. The molecule has 0 unspecified atom stereocenters.